The average Bonchev–Trinajstić information content (AvgIpc) is 3.11. The van der Waals surface area contributed by atoms with E-state index in [1.807, 2.05) is 42.7 Å². The summed E-state index contributed by atoms with van der Waals surface area (Å²) in [5, 5.41) is 10.6. The van der Waals surface area contributed by atoms with Crippen LogP contribution in [0.1, 0.15) is 31.0 Å². The van der Waals surface area contributed by atoms with Gasteiger partial charge in [0.05, 0.1) is 13.3 Å². The number of hydrogen-bond acceptors (Lipinski definition) is 4. The van der Waals surface area contributed by atoms with E-state index in [1.165, 1.54) is 5.56 Å². The van der Waals surface area contributed by atoms with E-state index in [1.54, 1.807) is 7.11 Å². The number of hydrogen-bond donors (Lipinski definition) is 2. The second-order valence-electron chi connectivity index (χ2n) is 5.98. The minimum atomic E-state index is 0.395. The Morgan fingerprint density at radius 3 is 2.67 bits per heavy atom. The lowest BCUT2D eigenvalue weighted by molar-refractivity contribution is 0.414. The molecule has 1 aromatic carbocycles. The monoisotopic (exact) mass is 322 g/mol. The van der Waals surface area contributed by atoms with Gasteiger partial charge >= 0.3 is 0 Å². The summed E-state index contributed by atoms with van der Waals surface area (Å²) in [6.45, 7) is 5.02. The molecule has 0 radical (unpaired) electrons. The first-order chi connectivity index (χ1) is 11.7. The molecule has 0 saturated carbocycles. The SMILES string of the molecule is COc1ccc(CNc2cc(-c3cn[nH]c3C(C)C)ccn2)cc1. The van der Waals surface area contributed by atoms with E-state index >= 15 is 0 Å². The molecule has 0 aliphatic rings. The summed E-state index contributed by atoms with van der Waals surface area (Å²) in [7, 11) is 1.67. The third-order valence-corrected chi connectivity index (χ3v) is 3.95. The minimum Gasteiger partial charge on any atom is -0.497 e. The van der Waals surface area contributed by atoms with Gasteiger partial charge in [0.1, 0.15) is 11.6 Å². The summed E-state index contributed by atoms with van der Waals surface area (Å²) >= 11 is 0. The van der Waals surface area contributed by atoms with E-state index in [-0.39, 0.29) is 0 Å². The van der Waals surface area contributed by atoms with Crippen molar-refractivity contribution in [2.24, 2.45) is 0 Å². The predicted octanol–water partition coefficient (Wildman–Crippen LogP) is 4.22. The fourth-order valence-corrected chi connectivity index (χ4v) is 2.60. The van der Waals surface area contributed by atoms with Crippen LogP contribution in [0.3, 0.4) is 0 Å². The molecule has 5 heteroatoms. The Labute approximate surface area is 142 Å². The second kappa shape index (κ2) is 7.17. The number of pyridine rings is 1. The van der Waals surface area contributed by atoms with Crippen molar-refractivity contribution >= 4 is 5.82 Å². The Bertz CT molecular complexity index is 793. The lowest BCUT2D eigenvalue weighted by Crippen LogP contribution is -2.01. The standard InChI is InChI=1S/C19H22N4O/c1-13(2)19-17(12-22-23-19)15-8-9-20-18(10-15)21-11-14-4-6-16(24-3)7-5-14/h4-10,12-13H,11H2,1-3H3,(H,20,21)(H,22,23). The highest BCUT2D eigenvalue weighted by Gasteiger charge is 2.11. The quantitative estimate of drug-likeness (QED) is 0.713. The molecule has 2 heterocycles. The highest BCUT2D eigenvalue weighted by Crippen LogP contribution is 2.28. The normalized spacial score (nSPS) is 10.8. The molecule has 0 unspecified atom stereocenters. The number of H-pyrrole nitrogens is 1. The zero-order valence-corrected chi connectivity index (χ0v) is 14.2. The molecule has 2 N–H and O–H groups in total. The molecule has 24 heavy (non-hydrogen) atoms. The van der Waals surface area contributed by atoms with E-state index in [0.29, 0.717) is 12.5 Å². The molecule has 3 aromatic rings. The van der Waals surface area contributed by atoms with Crippen LogP contribution in [0.5, 0.6) is 5.75 Å². The van der Waals surface area contributed by atoms with Gasteiger partial charge in [0, 0.05) is 24.0 Å². The summed E-state index contributed by atoms with van der Waals surface area (Å²) in [5.41, 5.74) is 4.55. The van der Waals surface area contributed by atoms with Gasteiger partial charge in [0.15, 0.2) is 0 Å². The Hall–Kier alpha value is -2.82. The molecule has 0 bridgehead atoms. The summed E-state index contributed by atoms with van der Waals surface area (Å²) in [6, 6.07) is 12.1. The first-order valence-corrected chi connectivity index (χ1v) is 8.04. The molecule has 0 aliphatic heterocycles. The maximum Gasteiger partial charge on any atom is 0.126 e. The van der Waals surface area contributed by atoms with E-state index in [9.17, 15) is 0 Å². The Morgan fingerprint density at radius 1 is 1.17 bits per heavy atom. The van der Waals surface area contributed by atoms with Gasteiger partial charge in [-0.05, 0) is 41.3 Å². The largest absolute Gasteiger partial charge is 0.497 e. The first kappa shape index (κ1) is 16.1. The van der Waals surface area contributed by atoms with Gasteiger partial charge in [-0.3, -0.25) is 5.10 Å². The molecule has 0 saturated heterocycles. The second-order valence-corrected chi connectivity index (χ2v) is 5.98. The molecule has 0 atom stereocenters. The summed E-state index contributed by atoms with van der Waals surface area (Å²) < 4.78 is 5.18. The smallest absolute Gasteiger partial charge is 0.126 e. The number of ether oxygens (including phenoxy) is 1. The van der Waals surface area contributed by atoms with Crippen molar-refractivity contribution in [3.05, 3.63) is 60.0 Å². The van der Waals surface area contributed by atoms with Crippen LogP contribution in [0.2, 0.25) is 0 Å². The van der Waals surface area contributed by atoms with E-state index in [0.717, 1.165) is 28.4 Å². The van der Waals surface area contributed by atoms with E-state index in [2.05, 4.69) is 40.4 Å². The highest BCUT2D eigenvalue weighted by molar-refractivity contribution is 5.68. The summed E-state index contributed by atoms with van der Waals surface area (Å²) in [4.78, 5) is 4.41. The van der Waals surface area contributed by atoms with Crippen molar-refractivity contribution in [1.29, 1.82) is 0 Å². The molecular weight excluding hydrogens is 300 g/mol. The van der Waals surface area contributed by atoms with Crippen LogP contribution in [-0.2, 0) is 6.54 Å². The van der Waals surface area contributed by atoms with Crippen LogP contribution in [-0.4, -0.2) is 22.3 Å². The van der Waals surface area contributed by atoms with Crippen molar-refractivity contribution in [2.45, 2.75) is 26.3 Å². The minimum absolute atomic E-state index is 0.395. The van der Waals surface area contributed by atoms with Gasteiger partial charge in [-0.25, -0.2) is 4.98 Å². The fourth-order valence-electron chi connectivity index (χ4n) is 2.60. The highest BCUT2D eigenvalue weighted by atomic mass is 16.5. The van der Waals surface area contributed by atoms with E-state index in [4.69, 9.17) is 4.74 Å². The average molecular weight is 322 g/mol. The van der Waals surface area contributed by atoms with Crippen LogP contribution < -0.4 is 10.1 Å². The first-order valence-electron chi connectivity index (χ1n) is 8.04. The van der Waals surface area contributed by atoms with Crippen LogP contribution in [0.15, 0.2) is 48.8 Å². The van der Waals surface area contributed by atoms with Gasteiger partial charge in [-0.2, -0.15) is 5.10 Å². The molecule has 5 nitrogen and oxygen atoms in total. The Morgan fingerprint density at radius 2 is 1.96 bits per heavy atom. The number of aromatic nitrogens is 3. The molecule has 0 aliphatic carbocycles. The predicted molar refractivity (Wildman–Crippen MR) is 96.2 cm³/mol. The molecule has 0 fully saturated rings. The number of aromatic amines is 1. The van der Waals surface area contributed by atoms with Crippen LogP contribution in [0.4, 0.5) is 5.82 Å². The van der Waals surface area contributed by atoms with E-state index < -0.39 is 0 Å². The maximum absolute atomic E-state index is 5.18. The summed E-state index contributed by atoms with van der Waals surface area (Å²) in [5.74, 6) is 2.10. The van der Waals surface area contributed by atoms with Crippen molar-refractivity contribution in [3.8, 4) is 16.9 Å². The zero-order chi connectivity index (χ0) is 16.9. The number of rotatable bonds is 6. The van der Waals surface area contributed by atoms with Crippen LogP contribution >= 0.6 is 0 Å². The third kappa shape index (κ3) is 3.56. The number of nitrogens with zero attached hydrogens (tertiary/aromatic N) is 2. The van der Waals surface area contributed by atoms with Crippen molar-refractivity contribution < 1.29 is 4.74 Å². The molecular formula is C19H22N4O. The van der Waals surface area contributed by atoms with Crippen molar-refractivity contribution in [2.75, 3.05) is 12.4 Å². The lowest BCUT2D eigenvalue weighted by atomic mass is 10.0. The van der Waals surface area contributed by atoms with Crippen molar-refractivity contribution in [1.82, 2.24) is 15.2 Å². The maximum atomic E-state index is 5.18. The third-order valence-electron chi connectivity index (χ3n) is 3.95. The van der Waals surface area contributed by atoms with Gasteiger partial charge in [-0.1, -0.05) is 26.0 Å². The van der Waals surface area contributed by atoms with Gasteiger partial charge in [0.25, 0.3) is 0 Å². The van der Waals surface area contributed by atoms with Gasteiger partial charge < -0.3 is 10.1 Å². The Balaban J connectivity index is 1.74. The molecule has 2 aromatic heterocycles. The fraction of sp³-hybridized carbons (Fsp3) is 0.263. The topological polar surface area (TPSA) is 62.8 Å². The summed E-state index contributed by atoms with van der Waals surface area (Å²) in [6.07, 6.45) is 3.70. The van der Waals surface area contributed by atoms with Crippen molar-refractivity contribution in [3.63, 3.8) is 0 Å². The number of anilines is 1. The number of nitrogens with one attached hydrogen (secondary N) is 2. The Kier molecular flexibility index (Phi) is 4.79. The van der Waals surface area contributed by atoms with Crippen LogP contribution in [0.25, 0.3) is 11.1 Å². The number of benzene rings is 1. The van der Waals surface area contributed by atoms with Crippen LogP contribution in [0, 0.1) is 0 Å². The molecule has 124 valence electrons. The number of methoxy groups -OCH3 is 1. The lowest BCUT2D eigenvalue weighted by Gasteiger charge is -2.10. The van der Waals surface area contributed by atoms with Gasteiger partial charge in [-0.15, -0.1) is 0 Å². The molecule has 0 spiro atoms. The zero-order valence-electron chi connectivity index (χ0n) is 14.2. The molecule has 3 rings (SSSR count). The van der Waals surface area contributed by atoms with Gasteiger partial charge in [0.2, 0.25) is 0 Å². The molecule has 0 amide bonds.